The highest BCUT2D eigenvalue weighted by Crippen LogP contribution is 2.29. The standard InChI is InChI=1S/C13H17ClO2/c1-4-8(2)11-6-5-10(7-12(11)14)9(3)13(15)16/h5-9H,4H2,1-3H3,(H,15,16). The van der Waals surface area contributed by atoms with Crippen molar-refractivity contribution in [2.75, 3.05) is 0 Å². The molecular formula is C13H17ClO2. The number of benzene rings is 1. The van der Waals surface area contributed by atoms with E-state index in [0.717, 1.165) is 17.5 Å². The van der Waals surface area contributed by atoms with Crippen LogP contribution in [0.2, 0.25) is 5.02 Å². The van der Waals surface area contributed by atoms with Gasteiger partial charge in [0.05, 0.1) is 5.92 Å². The Morgan fingerprint density at radius 1 is 1.44 bits per heavy atom. The number of aliphatic carboxylic acids is 1. The maximum absolute atomic E-state index is 10.8. The van der Waals surface area contributed by atoms with E-state index in [1.807, 2.05) is 12.1 Å². The van der Waals surface area contributed by atoms with Crippen LogP contribution in [0.1, 0.15) is 50.2 Å². The largest absolute Gasteiger partial charge is 0.481 e. The summed E-state index contributed by atoms with van der Waals surface area (Å²) in [5.74, 6) is -0.933. The number of carboxylic acid groups (broad SMARTS) is 1. The highest BCUT2D eigenvalue weighted by molar-refractivity contribution is 6.31. The van der Waals surface area contributed by atoms with Crippen molar-refractivity contribution in [1.29, 1.82) is 0 Å². The summed E-state index contributed by atoms with van der Waals surface area (Å²) < 4.78 is 0. The SMILES string of the molecule is CCC(C)c1ccc(C(C)C(=O)O)cc1Cl. The molecule has 0 aromatic heterocycles. The summed E-state index contributed by atoms with van der Waals surface area (Å²) in [7, 11) is 0. The second-order valence-corrected chi connectivity index (χ2v) is 4.56. The van der Waals surface area contributed by atoms with Crippen LogP contribution in [0.25, 0.3) is 0 Å². The molecule has 0 aliphatic heterocycles. The molecule has 0 heterocycles. The van der Waals surface area contributed by atoms with Crippen molar-refractivity contribution in [3.63, 3.8) is 0 Å². The number of rotatable bonds is 4. The Bertz CT molecular complexity index is 388. The summed E-state index contributed by atoms with van der Waals surface area (Å²) in [4.78, 5) is 10.8. The van der Waals surface area contributed by atoms with Crippen LogP contribution < -0.4 is 0 Å². The average molecular weight is 241 g/mol. The molecule has 2 nitrogen and oxygen atoms in total. The Labute approximate surface area is 101 Å². The van der Waals surface area contributed by atoms with E-state index >= 15 is 0 Å². The minimum Gasteiger partial charge on any atom is -0.481 e. The Hall–Kier alpha value is -1.02. The third-order valence-electron chi connectivity index (χ3n) is 3.04. The van der Waals surface area contributed by atoms with E-state index < -0.39 is 11.9 Å². The highest BCUT2D eigenvalue weighted by atomic mass is 35.5. The van der Waals surface area contributed by atoms with E-state index in [9.17, 15) is 4.79 Å². The van der Waals surface area contributed by atoms with Crippen molar-refractivity contribution in [3.05, 3.63) is 34.3 Å². The molecule has 2 unspecified atom stereocenters. The van der Waals surface area contributed by atoms with Crippen molar-refractivity contribution in [3.8, 4) is 0 Å². The molecule has 0 saturated heterocycles. The molecule has 0 fully saturated rings. The topological polar surface area (TPSA) is 37.3 Å². The number of halogens is 1. The van der Waals surface area contributed by atoms with E-state index in [2.05, 4.69) is 13.8 Å². The fourth-order valence-electron chi connectivity index (χ4n) is 1.57. The van der Waals surface area contributed by atoms with Gasteiger partial charge in [-0.05, 0) is 36.5 Å². The summed E-state index contributed by atoms with van der Waals surface area (Å²) in [6.45, 7) is 5.88. The molecule has 88 valence electrons. The quantitative estimate of drug-likeness (QED) is 0.862. The molecule has 1 aromatic carbocycles. The smallest absolute Gasteiger partial charge is 0.310 e. The first kappa shape index (κ1) is 13.0. The minimum absolute atomic E-state index is 0.404. The molecule has 16 heavy (non-hydrogen) atoms. The minimum atomic E-state index is -0.827. The lowest BCUT2D eigenvalue weighted by Gasteiger charge is -2.14. The van der Waals surface area contributed by atoms with Crippen molar-refractivity contribution in [1.82, 2.24) is 0 Å². The van der Waals surface area contributed by atoms with Crippen molar-refractivity contribution < 1.29 is 9.90 Å². The van der Waals surface area contributed by atoms with Crippen LogP contribution in [-0.4, -0.2) is 11.1 Å². The first-order valence-corrected chi connectivity index (χ1v) is 5.87. The maximum Gasteiger partial charge on any atom is 0.310 e. The van der Waals surface area contributed by atoms with Gasteiger partial charge in [0.2, 0.25) is 0 Å². The summed E-state index contributed by atoms with van der Waals surface area (Å²) in [5, 5.41) is 9.57. The summed E-state index contributed by atoms with van der Waals surface area (Å²) in [5.41, 5.74) is 1.84. The molecule has 0 aliphatic rings. The lowest BCUT2D eigenvalue weighted by Crippen LogP contribution is -2.07. The van der Waals surface area contributed by atoms with Gasteiger partial charge in [0.15, 0.2) is 0 Å². The first-order chi connectivity index (χ1) is 7.47. The van der Waals surface area contributed by atoms with Gasteiger partial charge in [-0.25, -0.2) is 0 Å². The second kappa shape index (κ2) is 5.35. The van der Waals surface area contributed by atoms with E-state index in [0.29, 0.717) is 10.9 Å². The second-order valence-electron chi connectivity index (χ2n) is 4.15. The maximum atomic E-state index is 10.8. The third kappa shape index (κ3) is 2.76. The number of carboxylic acids is 1. The molecule has 0 amide bonds. The zero-order chi connectivity index (χ0) is 12.3. The van der Waals surface area contributed by atoms with Crippen LogP contribution in [-0.2, 0) is 4.79 Å². The van der Waals surface area contributed by atoms with Gasteiger partial charge in [-0.3, -0.25) is 4.79 Å². The zero-order valence-corrected chi connectivity index (χ0v) is 10.6. The fraction of sp³-hybridized carbons (Fsp3) is 0.462. The molecule has 1 aromatic rings. The Morgan fingerprint density at radius 2 is 2.06 bits per heavy atom. The van der Waals surface area contributed by atoms with E-state index in [1.165, 1.54) is 0 Å². The van der Waals surface area contributed by atoms with Gasteiger partial charge in [0, 0.05) is 5.02 Å². The van der Waals surface area contributed by atoms with Crippen molar-refractivity contribution in [2.45, 2.75) is 39.0 Å². The van der Waals surface area contributed by atoms with Crippen LogP contribution in [0, 0.1) is 0 Å². The molecule has 0 saturated carbocycles. The summed E-state index contributed by atoms with van der Waals surface area (Å²) in [6.07, 6.45) is 1.02. The van der Waals surface area contributed by atoms with Crippen molar-refractivity contribution in [2.24, 2.45) is 0 Å². The first-order valence-electron chi connectivity index (χ1n) is 5.49. The van der Waals surface area contributed by atoms with Crippen LogP contribution in [0.5, 0.6) is 0 Å². The molecule has 2 atom stereocenters. The number of carbonyl (C=O) groups is 1. The molecule has 3 heteroatoms. The highest BCUT2D eigenvalue weighted by Gasteiger charge is 2.16. The van der Waals surface area contributed by atoms with E-state index in [1.54, 1.807) is 13.0 Å². The third-order valence-corrected chi connectivity index (χ3v) is 3.37. The van der Waals surface area contributed by atoms with Gasteiger partial charge in [-0.15, -0.1) is 0 Å². The van der Waals surface area contributed by atoms with Crippen LogP contribution >= 0.6 is 11.6 Å². The van der Waals surface area contributed by atoms with Gasteiger partial charge >= 0.3 is 5.97 Å². The van der Waals surface area contributed by atoms with Gasteiger partial charge in [-0.2, -0.15) is 0 Å². The molecule has 1 N–H and O–H groups in total. The van der Waals surface area contributed by atoms with Crippen LogP contribution in [0.3, 0.4) is 0 Å². The lowest BCUT2D eigenvalue weighted by atomic mass is 9.94. The zero-order valence-electron chi connectivity index (χ0n) is 9.83. The monoisotopic (exact) mass is 240 g/mol. The lowest BCUT2D eigenvalue weighted by molar-refractivity contribution is -0.138. The molecule has 0 radical (unpaired) electrons. The van der Waals surface area contributed by atoms with Gasteiger partial charge < -0.3 is 5.11 Å². The summed E-state index contributed by atoms with van der Waals surface area (Å²) in [6, 6.07) is 5.55. The molecular weight excluding hydrogens is 224 g/mol. The predicted octanol–water partition coefficient (Wildman–Crippen LogP) is 4.04. The average Bonchev–Trinajstić information content (AvgIpc) is 2.26. The molecule has 1 rings (SSSR count). The Kier molecular flexibility index (Phi) is 4.36. The van der Waals surface area contributed by atoms with E-state index in [4.69, 9.17) is 16.7 Å². The van der Waals surface area contributed by atoms with Crippen LogP contribution in [0.4, 0.5) is 0 Å². The van der Waals surface area contributed by atoms with Gasteiger partial charge in [0.1, 0.15) is 0 Å². The van der Waals surface area contributed by atoms with Crippen LogP contribution in [0.15, 0.2) is 18.2 Å². The molecule has 0 bridgehead atoms. The Morgan fingerprint density at radius 3 is 2.50 bits per heavy atom. The predicted molar refractivity (Wildman–Crippen MR) is 66.2 cm³/mol. The Balaban J connectivity index is 3.04. The van der Waals surface area contributed by atoms with E-state index in [-0.39, 0.29) is 0 Å². The summed E-state index contributed by atoms with van der Waals surface area (Å²) >= 11 is 6.16. The van der Waals surface area contributed by atoms with Gasteiger partial charge in [0.25, 0.3) is 0 Å². The van der Waals surface area contributed by atoms with Gasteiger partial charge in [-0.1, -0.05) is 37.6 Å². The number of hydrogen-bond acceptors (Lipinski definition) is 1. The normalized spacial score (nSPS) is 14.5. The van der Waals surface area contributed by atoms with Crippen molar-refractivity contribution >= 4 is 17.6 Å². The fourth-order valence-corrected chi connectivity index (χ4v) is 1.95. The number of hydrogen-bond donors (Lipinski definition) is 1. The molecule has 0 spiro atoms. The molecule has 0 aliphatic carbocycles.